The van der Waals surface area contributed by atoms with Gasteiger partial charge in [-0.05, 0) is 67.3 Å². The molecule has 0 saturated carbocycles. The van der Waals surface area contributed by atoms with Gasteiger partial charge in [0, 0.05) is 17.1 Å². The van der Waals surface area contributed by atoms with E-state index in [0.717, 1.165) is 11.1 Å². The number of hydrogen-bond acceptors (Lipinski definition) is 6. The summed E-state index contributed by atoms with van der Waals surface area (Å²) >= 11 is 0. The lowest BCUT2D eigenvalue weighted by atomic mass is 10.0. The Morgan fingerprint density at radius 1 is 1.00 bits per heavy atom. The van der Waals surface area contributed by atoms with Crippen molar-refractivity contribution in [3.63, 3.8) is 0 Å². The van der Waals surface area contributed by atoms with Gasteiger partial charge in [0.25, 0.3) is 15.9 Å². The number of amides is 1. The Morgan fingerprint density at radius 3 is 2.12 bits per heavy atom. The zero-order chi connectivity index (χ0) is 24.9. The number of carbonyl (C=O) groups is 1. The monoisotopic (exact) mass is 475 g/mol. The van der Waals surface area contributed by atoms with Crippen molar-refractivity contribution >= 4 is 33.6 Å². The summed E-state index contributed by atoms with van der Waals surface area (Å²) in [6.07, 6.45) is 1.51. The van der Waals surface area contributed by atoms with Gasteiger partial charge in [0.15, 0.2) is 0 Å². The van der Waals surface area contributed by atoms with Gasteiger partial charge in [-0.3, -0.25) is 4.79 Å². The Morgan fingerprint density at radius 2 is 1.59 bits per heavy atom. The topological polar surface area (TPSA) is 125 Å². The summed E-state index contributed by atoms with van der Waals surface area (Å²) in [5.41, 5.74) is 3.46. The van der Waals surface area contributed by atoms with Crippen LogP contribution in [0.25, 0.3) is 6.08 Å². The Hall–Kier alpha value is -4.03. The van der Waals surface area contributed by atoms with E-state index in [0.29, 0.717) is 23.0 Å². The summed E-state index contributed by atoms with van der Waals surface area (Å²) in [6, 6.07) is 16.9. The molecular weight excluding hydrogens is 450 g/mol. The maximum Gasteiger partial charge on any atom is 0.266 e. The molecular formula is C25H25N5O3S. The highest BCUT2D eigenvalue weighted by Gasteiger charge is 2.17. The number of nitriles is 1. The molecule has 0 aliphatic heterocycles. The molecule has 1 amide bonds. The van der Waals surface area contributed by atoms with Crippen molar-refractivity contribution in [1.29, 1.82) is 5.26 Å². The summed E-state index contributed by atoms with van der Waals surface area (Å²) < 4.78 is 27.7. The van der Waals surface area contributed by atoms with Gasteiger partial charge in [0.2, 0.25) is 5.95 Å². The zero-order valence-corrected chi connectivity index (χ0v) is 20.1. The Bertz CT molecular complexity index is 1350. The number of aromatic nitrogens is 2. The Balaban J connectivity index is 1.72. The molecule has 0 spiro atoms. The molecule has 2 aromatic carbocycles. The van der Waals surface area contributed by atoms with E-state index >= 15 is 0 Å². The largest absolute Gasteiger partial charge is 0.321 e. The second-order valence-electron chi connectivity index (χ2n) is 8.05. The predicted octanol–water partition coefficient (Wildman–Crippen LogP) is 4.56. The van der Waals surface area contributed by atoms with Crippen LogP contribution in [0.15, 0.2) is 65.1 Å². The minimum Gasteiger partial charge on any atom is -0.321 e. The summed E-state index contributed by atoms with van der Waals surface area (Å²) in [6.45, 7) is 7.66. The van der Waals surface area contributed by atoms with E-state index in [-0.39, 0.29) is 16.4 Å². The molecule has 0 atom stereocenters. The van der Waals surface area contributed by atoms with E-state index in [1.165, 1.54) is 30.3 Å². The van der Waals surface area contributed by atoms with Gasteiger partial charge in [-0.25, -0.2) is 23.1 Å². The second kappa shape index (κ2) is 10.3. The molecule has 0 fully saturated rings. The van der Waals surface area contributed by atoms with E-state index in [2.05, 4.69) is 33.9 Å². The molecule has 0 radical (unpaired) electrons. The number of carbonyl (C=O) groups excluding carboxylic acids is 1. The minimum absolute atomic E-state index is 0.0138. The first-order valence-electron chi connectivity index (χ1n) is 10.6. The van der Waals surface area contributed by atoms with E-state index in [1.54, 1.807) is 19.9 Å². The molecule has 9 heteroatoms. The van der Waals surface area contributed by atoms with Gasteiger partial charge >= 0.3 is 0 Å². The van der Waals surface area contributed by atoms with Crippen molar-refractivity contribution in [3.8, 4) is 6.07 Å². The SMILES string of the molecule is Cc1cc(C)nc(NS(=O)(=O)c2ccc(NC(=O)/C(C#N)=C\c3ccc(C(C)C)cc3)cc2)n1. The van der Waals surface area contributed by atoms with Crippen LogP contribution >= 0.6 is 0 Å². The highest BCUT2D eigenvalue weighted by Crippen LogP contribution is 2.19. The van der Waals surface area contributed by atoms with Crippen LogP contribution in [0.1, 0.15) is 42.3 Å². The molecule has 2 N–H and O–H groups in total. The number of benzene rings is 2. The van der Waals surface area contributed by atoms with E-state index < -0.39 is 15.9 Å². The van der Waals surface area contributed by atoms with Gasteiger partial charge in [-0.1, -0.05) is 38.1 Å². The first-order chi connectivity index (χ1) is 16.1. The molecule has 3 aromatic rings. The van der Waals surface area contributed by atoms with Crippen molar-refractivity contribution in [2.24, 2.45) is 0 Å². The van der Waals surface area contributed by atoms with Crippen LogP contribution in [0.4, 0.5) is 11.6 Å². The zero-order valence-electron chi connectivity index (χ0n) is 19.3. The summed E-state index contributed by atoms with van der Waals surface area (Å²) in [5, 5.41) is 12.0. The number of nitrogens with zero attached hydrogens (tertiary/aromatic N) is 3. The molecule has 1 heterocycles. The normalized spacial score (nSPS) is 11.7. The number of aryl methyl sites for hydroxylation is 2. The molecule has 34 heavy (non-hydrogen) atoms. The van der Waals surface area contributed by atoms with E-state index in [4.69, 9.17) is 0 Å². The van der Waals surface area contributed by atoms with Gasteiger partial charge in [0.05, 0.1) is 4.90 Å². The summed E-state index contributed by atoms with van der Waals surface area (Å²) in [4.78, 5) is 20.7. The first-order valence-corrected chi connectivity index (χ1v) is 12.0. The van der Waals surface area contributed by atoms with Gasteiger partial charge < -0.3 is 5.32 Å². The maximum absolute atomic E-state index is 12.7. The number of hydrogen-bond donors (Lipinski definition) is 2. The van der Waals surface area contributed by atoms with Crippen molar-refractivity contribution in [2.45, 2.75) is 38.5 Å². The summed E-state index contributed by atoms with van der Waals surface area (Å²) in [5.74, 6) is -0.222. The molecule has 1 aromatic heterocycles. The summed E-state index contributed by atoms with van der Waals surface area (Å²) in [7, 11) is -3.91. The van der Waals surface area contributed by atoms with Crippen LogP contribution in [0, 0.1) is 25.2 Å². The van der Waals surface area contributed by atoms with Gasteiger partial charge in [-0.15, -0.1) is 0 Å². The van der Waals surface area contributed by atoms with Crippen molar-refractivity contribution in [2.75, 3.05) is 10.0 Å². The lowest BCUT2D eigenvalue weighted by Crippen LogP contribution is -2.16. The van der Waals surface area contributed by atoms with Crippen LogP contribution in [0.2, 0.25) is 0 Å². The second-order valence-corrected chi connectivity index (χ2v) is 9.73. The van der Waals surface area contributed by atoms with Crippen LogP contribution < -0.4 is 10.0 Å². The first kappa shape index (κ1) is 24.6. The lowest BCUT2D eigenvalue weighted by molar-refractivity contribution is -0.112. The molecule has 0 bridgehead atoms. The van der Waals surface area contributed by atoms with Crippen molar-refractivity contribution in [3.05, 3.63) is 82.7 Å². The Kier molecular flexibility index (Phi) is 7.44. The third-order valence-electron chi connectivity index (χ3n) is 4.91. The van der Waals surface area contributed by atoms with Crippen molar-refractivity contribution < 1.29 is 13.2 Å². The van der Waals surface area contributed by atoms with Crippen LogP contribution in [-0.4, -0.2) is 24.3 Å². The third-order valence-corrected chi connectivity index (χ3v) is 6.25. The fraction of sp³-hybridized carbons (Fsp3) is 0.200. The molecule has 0 aliphatic carbocycles. The molecule has 8 nitrogen and oxygen atoms in total. The fourth-order valence-electron chi connectivity index (χ4n) is 3.16. The minimum atomic E-state index is -3.91. The number of rotatable bonds is 7. The van der Waals surface area contributed by atoms with Crippen LogP contribution in [0.5, 0.6) is 0 Å². The molecule has 174 valence electrons. The third kappa shape index (κ3) is 6.27. The molecule has 0 unspecified atom stereocenters. The average molecular weight is 476 g/mol. The quantitative estimate of drug-likeness (QED) is 0.381. The maximum atomic E-state index is 12.7. The standard InChI is InChI=1S/C25H25N5O3S/c1-16(2)20-7-5-19(6-8-20)14-21(15-26)24(31)29-22-9-11-23(12-10-22)34(32,33)30-25-27-17(3)13-18(4)28-25/h5-14,16H,1-4H3,(H,29,31)(H,27,28,30)/b21-14-. The predicted molar refractivity (Wildman–Crippen MR) is 132 cm³/mol. The average Bonchev–Trinajstić information content (AvgIpc) is 2.77. The number of nitrogens with one attached hydrogen (secondary N) is 2. The molecule has 0 saturated heterocycles. The van der Waals surface area contributed by atoms with Crippen LogP contribution in [0.3, 0.4) is 0 Å². The smallest absolute Gasteiger partial charge is 0.266 e. The van der Waals surface area contributed by atoms with Crippen molar-refractivity contribution in [1.82, 2.24) is 9.97 Å². The number of sulfonamides is 1. The van der Waals surface area contributed by atoms with Gasteiger partial charge in [-0.2, -0.15) is 5.26 Å². The van der Waals surface area contributed by atoms with Gasteiger partial charge in [0.1, 0.15) is 11.6 Å². The highest BCUT2D eigenvalue weighted by atomic mass is 32.2. The van der Waals surface area contributed by atoms with Crippen LogP contribution in [-0.2, 0) is 14.8 Å². The lowest BCUT2D eigenvalue weighted by Gasteiger charge is -2.09. The van der Waals surface area contributed by atoms with E-state index in [1.807, 2.05) is 30.3 Å². The van der Waals surface area contributed by atoms with E-state index in [9.17, 15) is 18.5 Å². The highest BCUT2D eigenvalue weighted by molar-refractivity contribution is 7.92. The molecule has 3 rings (SSSR count). The molecule has 0 aliphatic rings. The number of anilines is 2. The fourth-order valence-corrected chi connectivity index (χ4v) is 4.10. The Labute approximate surface area is 199 Å².